The van der Waals surface area contributed by atoms with Crippen molar-refractivity contribution in [2.75, 3.05) is 23.8 Å². The molecule has 0 aromatic heterocycles. The van der Waals surface area contributed by atoms with Crippen molar-refractivity contribution in [3.8, 4) is 5.75 Å². The summed E-state index contributed by atoms with van der Waals surface area (Å²) in [7, 11) is -2.74. The van der Waals surface area contributed by atoms with Crippen LogP contribution in [-0.4, -0.2) is 34.0 Å². The van der Waals surface area contributed by atoms with Gasteiger partial charge in [-0.15, -0.1) is 0 Å². The van der Waals surface area contributed by atoms with Gasteiger partial charge in [-0.2, -0.15) is 0 Å². The Morgan fingerprint density at radius 3 is 2.21 bits per heavy atom. The molecular formula is C24H24N2O6S. The summed E-state index contributed by atoms with van der Waals surface area (Å²) < 4.78 is 38.0. The monoisotopic (exact) mass is 468 g/mol. The summed E-state index contributed by atoms with van der Waals surface area (Å²) in [4.78, 5) is 24.2. The molecule has 2 N–H and O–H groups in total. The Hall–Kier alpha value is -3.85. The van der Waals surface area contributed by atoms with Crippen molar-refractivity contribution >= 4 is 33.3 Å². The largest absolute Gasteiger partial charge is 0.494 e. The highest BCUT2D eigenvalue weighted by Gasteiger charge is 2.19. The van der Waals surface area contributed by atoms with Crippen molar-refractivity contribution in [3.05, 3.63) is 83.9 Å². The Morgan fingerprint density at radius 1 is 0.909 bits per heavy atom. The van der Waals surface area contributed by atoms with E-state index in [2.05, 4.69) is 14.8 Å². The summed E-state index contributed by atoms with van der Waals surface area (Å²) in [6.07, 6.45) is 0.165. The zero-order valence-corrected chi connectivity index (χ0v) is 19.0. The fraction of sp³-hybridized carbons (Fsp3) is 0.167. The summed E-state index contributed by atoms with van der Waals surface area (Å²) in [5.74, 6) is -0.153. The van der Waals surface area contributed by atoms with Crippen LogP contribution < -0.4 is 14.8 Å². The number of benzene rings is 3. The van der Waals surface area contributed by atoms with Gasteiger partial charge in [0.2, 0.25) is 5.91 Å². The fourth-order valence-corrected chi connectivity index (χ4v) is 4.12. The summed E-state index contributed by atoms with van der Waals surface area (Å²) in [5.41, 5.74) is 1.49. The smallest absolute Gasteiger partial charge is 0.339 e. The van der Waals surface area contributed by atoms with Crippen LogP contribution in [0.25, 0.3) is 0 Å². The number of hydrogen-bond donors (Lipinski definition) is 2. The number of amides is 1. The van der Waals surface area contributed by atoms with Gasteiger partial charge >= 0.3 is 5.97 Å². The lowest BCUT2D eigenvalue weighted by molar-refractivity contribution is -0.115. The van der Waals surface area contributed by atoms with Gasteiger partial charge in [0.25, 0.3) is 10.0 Å². The molecule has 172 valence electrons. The zero-order chi connectivity index (χ0) is 23.8. The first-order valence-electron chi connectivity index (χ1n) is 10.1. The summed E-state index contributed by atoms with van der Waals surface area (Å²) in [6.45, 7) is 2.47. The van der Waals surface area contributed by atoms with Crippen LogP contribution in [0.5, 0.6) is 5.75 Å². The molecule has 0 saturated carbocycles. The number of carbonyl (C=O) groups excluding carboxylic acids is 2. The molecule has 3 rings (SSSR count). The number of sulfonamides is 1. The number of hydrogen-bond acceptors (Lipinski definition) is 6. The Morgan fingerprint density at radius 2 is 1.58 bits per heavy atom. The number of methoxy groups -OCH3 is 1. The summed E-state index contributed by atoms with van der Waals surface area (Å²) >= 11 is 0. The number of carbonyl (C=O) groups is 2. The van der Waals surface area contributed by atoms with Gasteiger partial charge < -0.3 is 14.8 Å². The Labute approximate surface area is 192 Å². The van der Waals surface area contributed by atoms with Crippen LogP contribution in [0.3, 0.4) is 0 Å². The number of rotatable bonds is 9. The van der Waals surface area contributed by atoms with E-state index in [-0.39, 0.29) is 28.5 Å². The molecule has 0 aliphatic heterocycles. The van der Waals surface area contributed by atoms with Crippen molar-refractivity contribution in [2.24, 2.45) is 0 Å². The van der Waals surface area contributed by atoms with E-state index in [0.717, 1.165) is 11.3 Å². The maximum absolute atomic E-state index is 12.8. The molecule has 0 bridgehead atoms. The van der Waals surface area contributed by atoms with E-state index in [1.165, 1.54) is 43.5 Å². The Balaban J connectivity index is 1.65. The van der Waals surface area contributed by atoms with Gasteiger partial charge in [0.1, 0.15) is 5.75 Å². The third kappa shape index (κ3) is 6.33. The second-order valence-electron chi connectivity index (χ2n) is 6.97. The fourth-order valence-electron chi connectivity index (χ4n) is 3.04. The Bertz CT molecular complexity index is 1220. The van der Waals surface area contributed by atoms with Gasteiger partial charge in [0.05, 0.1) is 36.3 Å². The number of para-hydroxylation sites is 1. The maximum atomic E-state index is 12.8. The number of anilines is 2. The molecule has 0 aliphatic rings. The quantitative estimate of drug-likeness (QED) is 0.462. The van der Waals surface area contributed by atoms with Gasteiger partial charge in [0, 0.05) is 5.69 Å². The maximum Gasteiger partial charge on any atom is 0.339 e. The minimum atomic E-state index is -3.96. The first kappa shape index (κ1) is 23.8. The lowest BCUT2D eigenvalue weighted by atomic mass is 10.1. The van der Waals surface area contributed by atoms with Crippen LogP contribution in [0.1, 0.15) is 22.8 Å². The lowest BCUT2D eigenvalue weighted by Gasteiger charge is -2.12. The van der Waals surface area contributed by atoms with Crippen LogP contribution in [0.15, 0.2) is 77.7 Å². The van der Waals surface area contributed by atoms with Crippen molar-refractivity contribution in [1.29, 1.82) is 0 Å². The van der Waals surface area contributed by atoms with Gasteiger partial charge in [-0.3, -0.25) is 9.52 Å². The molecule has 0 unspecified atom stereocenters. The molecular weight excluding hydrogens is 444 g/mol. The third-order valence-corrected chi connectivity index (χ3v) is 6.01. The van der Waals surface area contributed by atoms with E-state index in [1.807, 2.05) is 19.1 Å². The highest BCUT2D eigenvalue weighted by atomic mass is 32.2. The molecule has 0 atom stereocenters. The molecule has 33 heavy (non-hydrogen) atoms. The first-order chi connectivity index (χ1) is 15.8. The van der Waals surface area contributed by atoms with E-state index in [1.54, 1.807) is 24.3 Å². The molecule has 8 nitrogen and oxygen atoms in total. The minimum Gasteiger partial charge on any atom is -0.494 e. The van der Waals surface area contributed by atoms with Crippen LogP contribution in [0.2, 0.25) is 0 Å². The lowest BCUT2D eigenvalue weighted by Crippen LogP contribution is -2.17. The van der Waals surface area contributed by atoms with E-state index >= 15 is 0 Å². The molecule has 0 fully saturated rings. The third-order valence-electron chi connectivity index (χ3n) is 4.62. The van der Waals surface area contributed by atoms with Crippen LogP contribution in [0, 0.1) is 0 Å². The van der Waals surface area contributed by atoms with Crippen molar-refractivity contribution < 1.29 is 27.5 Å². The highest BCUT2D eigenvalue weighted by Crippen LogP contribution is 2.22. The standard InChI is InChI=1S/C24H24N2O6S/c1-3-32-19-12-8-17(9-13-19)16-23(27)25-18-10-14-20(15-11-18)33(29,30)26-22-7-5-4-6-21(22)24(28)31-2/h4-15,26H,3,16H2,1-2H3,(H,25,27). The predicted octanol–water partition coefficient (Wildman–Crippen LogP) is 3.85. The Kier molecular flexibility index (Phi) is 7.68. The summed E-state index contributed by atoms with van der Waals surface area (Å²) in [6, 6.07) is 19.1. The topological polar surface area (TPSA) is 111 Å². The normalized spacial score (nSPS) is 10.8. The van der Waals surface area contributed by atoms with E-state index in [0.29, 0.717) is 12.3 Å². The van der Waals surface area contributed by atoms with E-state index in [4.69, 9.17) is 4.74 Å². The molecule has 0 aliphatic carbocycles. The van der Waals surface area contributed by atoms with Crippen molar-refractivity contribution in [2.45, 2.75) is 18.2 Å². The second-order valence-corrected chi connectivity index (χ2v) is 8.65. The molecule has 1 amide bonds. The molecule has 0 saturated heterocycles. The number of esters is 1. The number of ether oxygens (including phenoxy) is 2. The van der Waals surface area contributed by atoms with Crippen molar-refractivity contribution in [3.63, 3.8) is 0 Å². The second kappa shape index (κ2) is 10.6. The zero-order valence-electron chi connectivity index (χ0n) is 18.2. The first-order valence-corrected chi connectivity index (χ1v) is 11.6. The SMILES string of the molecule is CCOc1ccc(CC(=O)Nc2ccc(S(=O)(=O)Nc3ccccc3C(=O)OC)cc2)cc1. The average molecular weight is 469 g/mol. The molecule has 3 aromatic rings. The van der Waals surface area contributed by atoms with Crippen molar-refractivity contribution in [1.82, 2.24) is 0 Å². The van der Waals surface area contributed by atoms with Gasteiger partial charge in [-0.05, 0) is 61.0 Å². The van der Waals surface area contributed by atoms with Gasteiger partial charge in [0.15, 0.2) is 0 Å². The minimum absolute atomic E-state index is 0.0216. The van der Waals surface area contributed by atoms with Crippen LogP contribution >= 0.6 is 0 Å². The van der Waals surface area contributed by atoms with E-state index < -0.39 is 16.0 Å². The van der Waals surface area contributed by atoms with Crippen LogP contribution in [0.4, 0.5) is 11.4 Å². The van der Waals surface area contributed by atoms with Gasteiger partial charge in [-0.1, -0.05) is 24.3 Å². The molecule has 0 heterocycles. The van der Waals surface area contributed by atoms with E-state index in [9.17, 15) is 18.0 Å². The van der Waals surface area contributed by atoms with Crippen LogP contribution in [-0.2, 0) is 26.0 Å². The highest BCUT2D eigenvalue weighted by molar-refractivity contribution is 7.92. The molecule has 0 spiro atoms. The number of nitrogens with one attached hydrogen (secondary N) is 2. The van der Waals surface area contributed by atoms with Gasteiger partial charge in [-0.25, -0.2) is 13.2 Å². The molecule has 9 heteroatoms. The average Bonchev–Trinajstić information content (AvgIpc) is 2.80. The predicted molar refractivity (Wildman–Crippen MR) is 125 cm³/mol. The molecule has 3 aromatic carbocycles. The summed E-state index contributed by atoms with van der Waals surface area (Å²) in [5, 5.41) is 2.74. The molecule has 0 radical (unpaired) electrons.